The monoisotopic (exact) mass is 238 g/mol. The van der Waals surface area contributed by atoms with E-state index in [2.05, 4.69) is 27.4 Å². The van der Waals surface area contributed by atoms with E-state index in [1.54, 1.807) is 0 Å². The van der Waals surface area contributed by atoms with Gasteiger partial charge in [-0.05, 0) is 44.7 Å². The first-order valence-corrected chi connectivity index (χ1v) is 7.01. The summed E-state index contributed by atoms with van der Waals surface area (Å²) in [4.78, 5) is 6.82. The third kappa shape index (κ3) is 4.19. The molecule has 98 valence electrons. The van der Waals surface area contributed by atoms with E-state index in [0.717, 1.165) is 18.4 Å². The Kier molecular flexibility index (Phi) is 4.66. The maximum Gasteiger partial charge on any atom is 0.191 e. The van der Waals surface area contributed by atoms with E-state index in [1.165, 1.54) is 45.3 Å². The van der Waals surface area contributed by atoms with Gasteiger partial charge in [-0.25, -0.2) is 0 Å². The molecule has 1 heterocycles. The Bertz CT molecular complexity index is 260. The fourth-order valence-electron chi connectivity index (χ4n) is 2.46. The van der Waals surface area contributed by atoms with E-state index in [9.17, 15) is 0 Å². The quantitative estimate of drug-likeness (QED) is 0.568. The SMILES string of the molecule is CCN1CCCC(CNC(=NC)NC2CC2)C1. The Labute approximate surface area is 105 Å². The third-order valence-electron chi connectivity index (χ3n) is 3.75. The standard InChI is InChI=1S/C13H26N4/c1-3-17-8-4-5-11(10-17)9-15-13(14-2)16-12-6-7-12/h11-12H,3-10H2,1-2H3,(H2,14,15,16). The number of aliphatic imine (C=N–C) groups is 1. The second-order valence-electron chi connectivity index (χ2n) is 5.27. The third-order valence-corrected chi connectivity index (χ3v) is 3.75. The molecule has 1 saturated heterocycles. The lowest BCUT2D eigenvalue weighted by molar-refractivity contribution is 0.183. The lowest BCUT2D eigenvalue weighted by Crippen LogP contribution is -2.44. The smallest absolute Gasteiger partial charge is 0.191 e. The van der Waals surface area contributed by atoms with Gasteiger partial charge in [-0.1, -0.05) is 6.92 Å². The van der Waals surface area contributed by atoms with Crippen molar-refractivity contribution in [3.05, 3.63) is 0 Å². The zero-order chi connectivity index (χ0) is 12.1. The molecule has 4 heteroatoms. The van der Waals surface area contributed by atoms with Gasteiger partial charge in [0.05, 0.1) is 0 Å². The molecule has 17 heavy (non-hydrogen) atoms. The van der Waals surface area contributed by atoms with E-state index in [1.807, 2.05) is 7.05 Å². The summed E-state index contributed by atoms with van der Waals surface area (Å²) in [6.07, 6.45) is 5.29. The molecule has 0 radical (unpaired) electrons. The summed E-state index contributed by atoms with van der Waals surface area (Å²) >= 11 is 0. The van der Waals surface area contributed by atoms with Gasteiger partial charge < -0.3 is 15.5 Å². The molecule has 0 aromatic rings. The van der Waals surface area contributed by atoms with Crippen molar-refractivity contribution in [1.29, 1.82) is 0 Å². The van der Waals surface area contributed by atoms with Gasteiger partial charge in [-0.3, -0.25) is 4.99 Å². The van der Waals surface area contributed by atoms with Gasteiger partial charge in [0.15, 0.2) is 5.96 Å². The summed E-state index contributed by atoms with van der Waals surface area (Å²) in [5.41, 5.74) is 0. The molecule has 0 amide bonds. The Morgan fingerprint density at radius 1 is 1.35 bits per heavy atom. The normalized spacial score (nSPS) is 26.9. The first-order chi connectivity index (χ1) is 8.31. The molecular formula is C13H26N4. The van der Waals surface area contributed by atoms with Crippen LogP contribution < -0.4 is 10.6 Å². The zero-order valence-electron chi connectivity index (χ0n) is 11.2. The van der Waals surface area contributed by atoms with Crippen molar-refractivity contribution in [3.63, 3.8) is 0 Å². The molecule has 2 aliphatic rings. The summed E-state index contributed by atoms with van der Waals surface area (Å²) in [5, 5.41) is 6.90. The first-order valence-electron chi connectivity index (χ1n) is 7.01. The molecule has 0 bridgehead atoms. The van der Waals surface area contributed by atoms with Crippen LogP contribution in [0.15, 0.2) is 4.99 Å². The van der Waals surface area contributed by atoms with Gasteiger partial charge in [0, 0.05) is 26.2 Å². The molecule has 4 nitrogen and oxygen atoms in total. The van der Waals surface area contributed by atoms with Crippen molar-refractivity contribution in [1.82, 2.24) is 15.5 Å². The first kappa shape index (κ1) is 12.7. The van der Waals surface area contributed by atoms with Crippen LogP contribution in [-0.2, 0) is 0 Å². The minimum atomic E-state index is 0.680. The molecule has 1 aliphatic heterocycles. The van der Waals surface area contributed by atoms with Crippen LogP contribution in [-0.4, -0.2) is 50.1 Å². The van der Waals surface area contributed by atoms with E-state index in [-0.39, 0.29) is 0 Å². The molecule has 2 fully saturated rings. The number of hydrogen-bond acceptors (Lipinski definition) is 2. The molecule has 1 saturated carbocycles. The molecule has 1 unspecified atom stereocenters. The van der Waals surface area contributed by atoms with E-state index in [0.29, 0.717) is 6.04 Å². The van der Waals surface area contributed by atoms with Crippen LogP contribution in [0.25, 0.3) is 0 Å². The number of nitrogens with one attached hydrogen (secondary N) is 2. The topological polar surface area (TPSA) is 39.7 Å². The average molecular weight is 238 g/mol. The highest BCUT2D eigenvalue weighted by molar-refractivity contribution is 5.80. The van der Waals surface area contributed by atoms with Gasteiger partial charge in [0.1, 0.15) is 0 Å². The Balaban J connectivity index is 1.68. The van der Waals surface area contributed by atoms with Crippen molar-refractivity contribution in [2.24, 2.45) is 10.9 Å². The highest BCUT2D eigenvalue weighted by Crippen LogP contribution is 2.18. The fourth-order valence-corrected chi connectivity index (χ4v) is 2.46. The Morgan fingerprint density at radius 3 is 2.82 bits per heavy atom. The number of likely N-dealkylation sites (tertiary alicyclic amines) is 1. The second kappa shape index (κ2) is 6.24. The zero-order valence-corrected chi connectivity index (χ0v) is 11.2. The van der Waals surface area contributed by atoms with Crippen molar-refractivity contribution < 1.29 is 0 Å². The van der Waals surface area contributed by atoms with E-state index in [4.69, 9.17) is 0 Å². The van der Waals surface area contributed by atoms with Crippen LogP contribution in [0.3, 0.4) is 0 Å². The minimum Gasteiger partial charge on any atom is -0.356 e. The molecule has 0 aromatic heterocycles. The molecule has 1 aliphatic carbocycles. The predicted octanol–water partition coefficient (Wildman–Crippen LogP) is 1.05. The van der Waals surface area contributed by atoms with Crippen molar-refractivity contribution >= 4 is 5.96 Å². The van der Waals surface area contributed by atoms with Crippen LogP contribution in [0.1, 0.15) is 32.6 Å². The molecule has 0 aromatic carbocycles. The number of nitrogens with zero attached hydrogens (tertiary/aromatic N) is 2. The van der Waals surface area contributed by atoms with Gasteiger partial charge in [-0.2, -0.15) is 0 Å². The van der Waals surface area contributed by atoms with E-state index < -0.39 is 0 Å². The van der Waals surface area contributed by atoms with E-state index >= 15 is 0 Å². The molecule has 1 atom stereocenters. The van der Waals surface area contributed by atoms with Crippen LogP contribution in [0.2, 0.25) is 0 Å². The summed E-state index contributed by atoms with van der Waals surface area (Å²) in [6.45, 7) is 7.02. The Hall–Kier alpha value is -0.770. The Morgan fingerprint density at radius 2 is 2.18 bits per heavy atom. The van der Waals surface area contributed by atoms with Gasteiger partial charge in [0.2, 0.25) is 0 Å². The summed E-state index contributed by atoms with van der Waals surface area (Å²) in [6, 6.07) is 0.680. The fraction of sp³-hybridized carbons (Fsp3) is 0.923. The van der Waals surface area contributed by atoms with Crippen LogP contribution in [0, 0.1) is 5.92 Å². The highest BCUT2D eigenvalue weighted by Gasteiger charge is 2.23. The maximum atomic E-state index is 4.27. The number of hydrogen-bond donors (Lipinski definition) is 2. The van der Waals surface area contributed by atoms with Gasteiger partial charge in [-0.15, -0.1) is 0 Å². The largest absolute Gasteiger partial charge is 0.356 e. The van der Waals surface area contributed by atoms with Gasteiger partial charge >= 0.3 is 0 Å². The van der Waals surface area contributed by atoms with Crippen molar-refractivity contribution in [2.75, 3.05) is 33.2 Å². The van der Waals surface area contributed by atoms with Crippen LogP contribution in [0.5, 0.6) is 0 Å². The van der Waals surface area contributed by atoms with Crippen LogP contribution >= 0.6 is 0 Å². The number of piperidine rings is 1. The minimum absolute atomic E-state index is 0.680. The highest BCUT2D eigenvalue weighted by atomic mass is 15.2. The number of guanidine groups is 1. The lowest BCUT2D eigenvalue weighted by Gasteiger charge is -2.32. The summed E-state index contributed by atoms with van der Waals surface area (Å²) < 4.78 is 0. The summed E-state index contributed by atoms with van der Waals surface area (Å²) in [7, 11) is 1.86. The maximum absolute atomic E-state index is 4.27. The molecule has 2 rings (SSSR count). The molecule has 2 N–H and O–H groups in total. The average Bonchev–Trinajstić information content (AvgIpc) is 3.18. The predicted molar refractivity (Wildman–Crippen MR) is 72.4 cm³/mol. The summed E-state index contributed by atoms with van der Waals surface area (Å²) in [5.74, 6) is 1.77. The van der Waals surface area contributed by atoms with Crippen LogP contribution in [0.4, 0.5) is 0 Å². The second-order valence-corrected chi connectivity index (χ2v) is 5.27. The van der Waals surface area contributed by atoms with Crippen molar-refractivity contribution in [3.8, 4) is 0 Å². The molecule has 0 spiro atoms. The molecular weight excluding hydrogens is 212 g/mol. The lowest BCUT2D eigenvalue weighted by atomic mass is 9.98. The van der Waals surface area contributed by atoms with Crippen molar-refractivity contribution in [2.45, 2.75) is 38.6 Å². The number of rotatable bonds is 4. The van der Waals surface area contributed by atoms with Gasteiger partial charge in [0.25, 0.3) is 0 Å².